The zero-order valence-electron chi connectivity index (χ0n) is 13.9. The van der Waals surface area contributed by atoms with Gasteiger partial charge in [0.2, 0.25) is 5.91 Å². The van der Waals surface area contributed by atoms with Crippen molar-refractivity contribution in [1.82, 2.24) is 10.6 Å². The van der Waals surface area contributed by atoms with Crippen LogP contribution in [0, 0.1) is 5.92 Å². The zero-order chi connectivity index (χ0) is 17.4. The van der Waals surface area contributed by atoms with E-state index in [0.29, 0.717) is 30.9 Å². The van der Waals surface area contributed by atoms with Gasteiger partial charge in [-0.1, -0.05) is 18.2 Å². The number of para-hydroxylation sites is 1. The van der Waals surface area contributed by atoms with Gasteiger partial charge in [0.15, 0.2) is 0 Å². The molecule has 1 aromatic rings. The van der Waals surface area contributed by atoms with Crippen molar-refractivity contribution in [2.75, 3.05) is 19.6 Å². The predicted molar refractivity (Wildman–Crippen MR) is 91.9 cm³/mol. The van der Waals surface area contributed by atoms with Crippen molar-refractivity contribution in [3.05, 3.63) is 29.8 Å². The maximum absolute atomic E-state index is 12.4. The quantitative estimate of drug-likeness (QED) is 0.761. The van der Waals surface area contributed by atoms with E-state index in [4.69, 9.17) is 0 Å². The lowest BCUT2D eigenvalue weighted by Crippen LogP contribution is -2.30. The molecule has 0 unspecified atom stereocenters. The molecular formula is C17H24ClF3N2O2. The van der Waals surface area contributed by atoms with E-state index < -0.39 is 6.36 Å². The van der Waals surface area contributed by atoms with Crippen molar-refractivity contribution < 1.29 is 22.7 Å². The van der Waals surface area contributed by atoms with Crippen LogP contribution in [0.1, 0.15) is 31.2 Å². The van der Waals surface area contributed by atoms with Crippen LogP contribution in [0.25, 0.3) is 0 Å². The second kappa shape index (κ2) is 10.5. The fourth-order valence-corrected chi connectivity index (χ4v) is 2.87. The van der Waals surface area contributed by atoms with E-state index in [9.17, 15) is 18.0 Å². The molecule has 2 N–H and O–H groups in total. The Hall–Kier alpha value is -1.47. The van der Waals surface area contributed by atoms with Gasteiger partial charge in [-0.2, -0.15) is 0 Å². The minimum atomic E-state index is -4.71. The third-order valence-corrected chi connectivity index (χ3v) is 4.15. The molecule has 1 saturated heterocycles. The summed E-state index contributed by atoms with van der Waals surface area (Å²) in [6.45, 7) is 2.30. The molecule has 25 heavy (non-hydrogen) atoms. The average molecular weight is 381 g/mol. The minimum Gasteiger partial charge on any atom is -0.406 e. The third-order valence-electron chi connectivity index (χ3n) is 4.15. The number of benzene rings is 1. The van der Waals surface area contributed by atoms with Crippen molar-refractivity contribution in [3.8, 4) is 5.75 Å². The molecular weight excluding hydrogens is 357 g/mol. The van der Waals surface area contributed by atoms with E-state index in [1.54, 1.807) is 12.1 Å². The lowest BCUT2D eigenvalue weighted by molar-refractivity contribution is -0.274. The van der Waals surface area contributed by atoms with Crippen molar-refractivity contribution >= 4 is 18.3 Å². The van der Waals surface area contributed by atoms with E-state index in [1.807, 2.05) is 0 Å². The standard InChI is InChI=1S/C17H23F3N2O2.ClH/c18-17(19,20)24-15-4-2-1-3-14(15)9-12-22-16(23)6-5-13-7-10-21-11-8-13;/h1-4,13,21H,5-12H2,(H,22,23);1H. The Bertz CT molecular complexity index is 535. The summed E-state index contributed by atoms with van der Waals surface area (Å²) >= 11 is 0. The van der Waals surface area contributed by atoms with Gasteiger partial charge in [-0.3, -0.25) is 4.79 Å². The molecule has 1 aliphatic rings. The second-order valence-corrected chi connectivity index (χ2v) is 5.99. The third kappa shape index (κ3) is 8.45. The van der Waals surface area contributed by atoms with Crippen LogP contribution in [0.5, 0.6) is 5.75 Å². The highest BCUT2D eigenvalue weighted by Gasteiger charge is 2.31. The van der Waals surface area contributed by atoms with E-state index in [0.717, 1.165) is 32.4 Å². The number of hydrogen-bond acceptors (Lipinski definition) is 3. The van der Waals surface area contributed by atoms with Crippen LogP contribution in [-0.2, 0) is 11.2 Å². The van der Waals surface area contributed by atoms with Gasteiger partial charge in [-0.15, -0.1) is 25.6 Å². The molecule has 2 rings (SSSR count). The highest BCUT2D eigenvalue weighted by atomic mass is 35.5. The molecule has 142 valence electrons. The van der Waals surface area contributed by atoms with Gasteiger partial charge in [0.1, 0.15) is 5.75 Å². The first-order valence-corrected chi connectivity index (χ1v) is 8.25. The number of hydrogen-bond donors (Lipinski definition) is 2. The van der Waals surface area contributed by atoms with Gasteiger partial charge in [0.05, 0.1) is 0 Å². The molecule has 1 aliphatic heterocycles. The molecule has 0 aliphatic carbocycles. The molecule has 1 aromatic carbocycles. The van der Waals surface area contributed by atoms with Crippen molar-refractivity contribution in [2.24, 2.45) is 5.92 Å². The Kier molecular flexibility index (Phi) is 9.06. The van der Waals surface area contributed by atoms with Gasteiger partial charge >= 0.3 is 6.36 Å². The molecule has 4 nitrogen and oxygen atoms in total. The molecule has 0 bridgehead atoms. The first-order valence-electron chi connectivity index (χ1n) is 8.25. The fraction of sp³-hybridized carbons (Fsp3) is 0.588. The fourth-order valence-electron chi connectivity index (χ4n) is 2.87. The van der Waals surface area contributed by atoms with Crippen LogP contribution < -0.4 is 15.4 Å². The minimum absolute atomic E-state index is 0. The Morgan fingerprint density at radius 3 is 2.60 bits per heavy atom. The Labute approximate surface area is 151 Å². The summed E-state index contributed by atoms with van der Waals surface area (Å²) in [5.74, 6) is 0.314. The highest BCUT2D eigenvalue weighted by molar-refractivity contribution is 5.85. The number of carbonyl (C=O) groups excluding carboxylic acids is 1. The second-order valence-electron chi connectivity index (χ2n) is 5.99. The summed E-state index contributed by atoms with van der Waals surface area (Å²) < 4.78 is 41.1. The number of ether oxygens (including phenoxy) is 1. The Balaban J connectivity index is 0.00000312. The lowest BCUT2D eigenvalue weighted by atomic mass is 9.93. The van der Waals surface area contributed by atoms with Gasteiger partial charge < -0.3 is 15.4 Å². The summed E-state index contributed by atoms with van der Waals surface area (Å²) in [5, 5.41) is 6.05. The predicted octanol–water partition coefficient (Wildman–Crippen LogP) is 3.45. The summed E-state index contributed by atoms with van der Waals surface area (Å²) in [5.41, 5.74) is 0.425. The number of carbonyl (C=O) groups is 1. The first kappa shape index (κ1) is 21.6. The highest BCUT2D eigenvalue weighted by Crippen LogP contribution is 2.26. The normalized spacial score (nSPS) is 15.3. The number of alkyl halides is 3. The molecule has 0 aromatic heterocycles. The molecule has 0 radical (unpaired) electrons. The van der Waals surface area contributed by atoms with Gasteiger partial charge in [0, 0.05) is 13.0 Å². The summed E-state index contributed by atoms with van der Waals surface area (Å²) in [4.78, 5) is 11.9. The number of nitrogens with one attached hydrogen (secondary N) is 2. The first-order chi connectivity index (χ1) is 11.4. The molecule has 0 spiro atoms. The molecule has 1 amide bonds. The zero-order valence-corrected chi connectivity index (χ0v) is 14.7. The Morgan fingerprint density at radius 1 is 1.24 bits per heavy atom. The van der Waals surface area contributed by atoms with Crippen molar-refractivity contribution in [1.29, 1.82) is 0 Å². The largest absolute Gasteiger partial charge is 0.573 e. The van der Waals surface area contributed by atoms with Crippen LogP contribution >= 0.6 is 12.4 Å². The van der Waals surface area contributed by atoms with Gasteiger partial charge in [-0.25, -0.2) is 0 Å². The number of rotatable bonds is 7. The molecule has 0 atom stereocenters. The van der Waals surface area contributed by atoms with Gasteiger partial charge in [-0.05, 0) is 56.3 Å². The molecule has 0 saturated carbocycles. The van der Waals surface area contributed by atoms with Crippen LogP contribution in [0.4, 0.5) is 13.2 Å². The summed E-state index contributed by atoms with van der Waals surface area (Å²) in [6, 6.07) is 5.99. The van der Waals surface area contributed by atoms with Crippen LogP contribution in [-0.4, -0.2) is 31.9 Å². The SMILES string of the molecule is Cl.O=C(CCC1CCNCC1)NCCc1ccccc1OC(F)(F)F. The number of piperidine rings is 1. The molecule has 1 fully saturated rings. The number of halogens is 4. The smallest absolute Gasteiger partial charge is 0.406 e. The maximum atomic E-state index is 12.4. The van der Waals surface area contributed by atoms with Crippen LogP contribution in [0.2, 0.25) is 0 Å². The summed E-state index contributed by atoms with van der Waals surface area (Å²) in [7, 11) is 0. The van der Waals surface area contributed by atoms with Crippen LogP contribution in [0.15, 0.2) is 24.3 Å². The monoisotopic (exact) mass is 380 g/mol. The summed E-state index contributed by atoms with van der Waals surface area (Å²) in [6.07, 6.45) is -0.906. The van der Waals surface area contributed by atoms with E-state index in [2.05, 4.69) is 15.4 Å². The molecule has 8 heteroatoms. The van der Waals surface area contributed by atoms with Crippen molar-refractivity contribution in [2.45, 2.75) is 38.5 Å². The molecule has 1 heterocycles. The lowest BCUT2D eigenvalue weighted by Gasteiger charge is -2.22. The number of amides is 1. The topological polar surface area (TPSA) is 50.4 Å². The van der Waals surface area contributed by atoms with Crippen LogP contribution in [0.3, 0.4) is 0 Å². The van der Waals surface area contributed by atoms with E-state index >= 15 is 0 Å². The van der Waals surface area contributed by atoms with Gasteiger partial charge in [0.25, 0.3) is 0 Å². The van der Waals surface area contributed by atoms with Crippen molar-refractivity contribution in [3.63, 3.8) is 0 Å². The van der Waals surface area contributed by atoms with E-state index in [-0.39, 0.29) is 24.1 Å². The maximum Gasteiger partial charge on any atom is 0.573 e. The Morgan fingerprint density at radius 2 is 1.92 bits per heavy atom. The average Bonchev–Trinajstić information content (AvgIpc) is 2.54. The van der Waals surface area contributed by atoms with E-state index in [1.165, 1.54) is 12.1 Å².